The first-order chi connectivity index (χ1) is 9.90. The van der Waals surface area contributed by atoms with Crippen molar-refractivity contribution < 1.29 is 14.3 Å². The maximum Gasteiger partial charge on any atom is 0.407 e. The minimum Gasteiger partial charge on any atom is -0.444 e. The van der Waals surface area contributed by atoms with Crippen molar-refractivity contribution in [2.45, 2.75) is 45.3 Å². The Morgan fingerprint density at radius 3 is 2.81 bits per heavy atom. The topological polar surface area (TPSA) is 85.4 Å². The number of nitrogens with one attached hydrogen (secondary N) is 2. The third-order valence-corrected chi connectivity index (χ3v) is 3.08. The van der Waals surface area contributed by atoms with Gasteiger partial charge in [0, 0.05) is 13.7 Å². The lowest BCUT2D eigenvalue weighted by Crippen LogP contribution is -2.33. The second-order valence-corrected chi connectivity index (χ2v) is 6.44. The average Bonchev–Trinajstić information content (AvgIpc) is 2.85. The molecule has 0 saturated heterocycles. The molecule has 1 aromatic heterocycles. The highest BCUT2D eigenvalue weighted by molar-refractivity contribution is 7.13. The summed E-state index contributed by atoms with van der Waals surface area (Å²) in [5.41, 5.74) is 1.21. The number of carbonyl (C=O) groups is 1. The lowest BCUT2D eigenvalue weighted by molar-refractivity contribution is 0.0526. The van der Waals surface area contributed by atoms with E-state index in [1.54, 1.807) is 12.6 Å². The Morgan fingerprint density at radius 2 is 2.24 bits per heavy atom. The SMILES string of the molecule is COCC(CCCNC(=O)OC(C)(C)C)Nc1nncs1. The van der Waals surface area contributed by atoms with Crippen molar-refractivity contribution in [2.24, 2.45) is 0 Å². The van der Waals surface area contributed by atoms with Crippen LogP contribution in [0.4, 0.5) is 9.93 Å². The highest BCUT2D eigenvalue weighted by Crippen LogP contribution is 2.12. The maximum absolute atomic E-state index is 11.5. The van der Waals surface area contributed by atoms with Crippen LogP contribution in [-0.2, 0) is 9.47 Å². The Balaban J connectivity index is 2.23. The average molecular weight is 316 g/mol. The predicted octanol–water partition coefficient (Wildman–Crippen LogP) is 2.27. The number of carbonyl (C=O) groups excluding carboxylic acids is 1. The fraction of sp³-hybridized carbons (Fsp3) is 0.769. The molecule has 8 heteroatoms. The summed E-state index contributed by atoms with van der Waals surface area (Å²) in [5.74, 6) is 0. The number of nitrogens with zero attached hydrogens (tertiary/aromatic N) is 2. The molecule has 0 aliphatic heterocycles. The lowest BCUT2D eigenvalue weighted by Gasteiger charge is -2.20. The molecule has 2 N–H and O–H groups in total. The van der Waals surface area contributed by atoms with Crippen LogP contribution >= 0.6 is 11.3 Å². The number of hydrogen-bond donors (Lipinski definition) is 2. The molecule has 0 saturated carbocycles. The van der Waals surface area contributed by atoms with Gasteiger partial charge in [-0.2, -0.15) is 0 Å². The van der Waals surface area contributed by atoms with Crippen molar-refractivity contribution in [3.05, 3.63) is 5.51 Å². The summed E-state index contributed by atoms with van der Waals surface area (Å²) in [7, 11) is 1.66. The number of hydrogen-bond acceptors (Lipinski definition) is 7. The first-order valence-electron chi connectivity index (χ1n) is 6.89. The number of alkyl carbamates (subject to hydrolysis) is 1. The van der Waals surface area contributed by atoms with Gasteiger partial charge in [-0.25, -0.2) is 4.79 Å². The summed E-state index contributed by atoms with van der Waals surface area (Å²) in [4.78, 5) is 11.5. The van der Waals surface area contributed by atoms with Crippen molar-refractivity contribution in [3.63, 3.8) is 0 Å². The zero-order valence-corrected chi connectivity index (χ0v) is 13.8. The Labute approximate surface area is 129 Å². The Hall–Kier alpha value is -1.41. The molecule has 0 spiro atoms. The molecule has 0 aliphatic carbocycles. The second-order valence-electron chi connectivity index (χ2n) is 5.61. The van der Waals surface area contributed by atoms with Gasteiger partial charge in [0.05, 0.1) is 12.6 Å². The molecule has 1 heterocycles. The molecule has 1 atom stereocenters. The van der Waals surface area contributed by atoms with Gasteiger partial charge in [0.2, 0.25) is 5.13 Å². The Bertz CT molecular complexity index is 406. The van der Waals surface area contributed by atoms with Crippen LogP contribution in [0.25, 0.3) is 0 Å². The second kappa shape index (κ2) is 8.78. The monoisotopic (exact) mass is 316 g/mol. The highest BCUT2D eigenvalue weighted by Gasteiger charge is 2.16. The maximum atomic E-state index is 11.5. The van der Waals surface area contributed by atoms with Gasteiger partial charge in [-0.1, -0.05) is 11.3 Å². The zero-order valence-electron chi connectivity index (χ0n) is 13.0. The Morgan fingerprint density at radius 1 is 1.48 bits per heavy atom. The van der Waals surface area contributed by atoms with Crippen LogP contribution < -0.4 is 10.6 Å². The molecule has 1 unspecified atom stereocenters. The first kappa shape index (κ1) is 17.6. The fourth-order valence-corrected chi connectivity index (χ4v) is 2.19. The van der Waals surface area contributed by atoms with Gasteiger partial charge in [-0.15, -0.1) is 10.2 Å². The van der Waals surface area contributed by atoms with E-state index >= 15 is 0 Å². The molecule has 1 aromatic rings. The van der Waals surface area contributed by atoms with Crippen LogP contribution in [0.2, 0.25) is 0 Å². The molecule has 0 radical (unpaired) electrons. The van der Waals surface area contributed by atoms with Crippen LogP contribution in [0.5, 0.6) is 0 Å². The summed E-state index contributed by atoms with van der Waals surface area (Å²) in [6, 6.07) is 0.142. The van der Waals surface area contributed by atoms with Gasteiger partial charge in [0.15, 0.2) is 0 Å². The molecular formula is C13H24N4O3S. The van der Waals surface area contributed by atoms with E-state index in [9.17, 15) is 4.79 Å². The normalized spacial score (nSPS) is 12.8. The van der Waals surface area contributed by atoms with Gasteiger partial charge in [0.1, 0.15) is 11.1 Å². The number of amides is 1. The van der Waals surface area contributed by atoms with E-state index in [2.05, 4.69) is 20.8 Å². The van der Waals surface area contributed by atoms with Crippen molar-refractivity contribution >= 4 is 22.6 Å². The van der Waals surface area contributed by atoms with E-state index < -0.39 is 5.60 Å². The third-order valence-electron chi connectivity index (χ3n) is 2.45. The van der Waals surface area contributed by atoms with Gasteiger partial charge in [-0.05, 0) is 33.6 Å². The van der Waals surface area contributed by atoms with E-state index in [-0.39, 0.29) is 12.1 Å². The van der Waals surface area contributed by atoms with Gasteiger partial charge < -0.3 is 20.1 Å². The molecule has 0 aromatic carbocycles. The Kier molecular flexibility index (Phi) is 7.38. The summed E-state index contributed by atoms with van der Waals surface area (Å²) in [6.07, 6.45) is 1.28. The zero-order chi connectivity index (χ0) is 15.7. The number of rotatable bonds is 8. The van der Waals surface area contributed by atoms with Gasteiger partial charge in [0.25, 0.3) is 0 Å². The third kappa shape index (κ3) is 8.46. The minimum absolute atomic E-state index is 0.142. The summed E-state index contributed by atoms with van der Waals surface area (Å²) in [6.45, 7) is 6.66. The van der Waals surface area contributed by atoms with E-state index in [0.29, 0.717) is 13.2 Å². The molecule has 1 amide bonds. The van der Waals surface area contributed by atoms with Gasteiger partial charge >= 0.3 is 6.09 Å². The van der Waals surface area contributed by atoms with Crippen molar-refractivity contribution in [1.82, 2.24) is 15.5 Å². The molecule has 1 rings (SSSR count). The molecule has 120 valence electrons. The van der Waals surface area contributed by atoms with E-state index in [1.165, 1.54) is 11.3 Å². The fourth-order valence-electron chi connectivity index (χ4n) is 1.66. The number of methoxy groups -OCH3 is 1. The largest absolute Gasteiger partial charge is 0.444 e. The molecule has 0 fully saturated rings. The quantitative estimate of drug-likeness (QED) is 0.716. The highest BCUT2D eigenvalue weighted by atomic mass is 32.1. The van der Waals surface area contributed by atoms with Crippen molar-refractivity contribution in [2.75, 3.05) is 25.6 Å². The van der Waals surface area contributed by atoms with Crippen molar-refractivity contribution in [1.29, 1.82) is 0 Å². The molecule has 21 heavy (non-hydrogen) atoms. The molecule has 7 nitrogen and oxygen atoms in total. The minimum atomic E-state index is -0.470. The van der Waals surface area contributed by atoms with Crippen LogP contribution in [0.3, 0.4) is 0 Å². The van der Waals surface area contributed by atoms with Crippen molar-refractivity contribution in [3.8, 4) is 0 Å². The standard InChI is InChI=1S/C13H24N4O3S/c1-13(2,3)20-12(18)14-7-5-6-10(8-19-4)16-11-17-15-9-21-11/h9-10H,5-8H2,1-4H3,(H,14,18)(H,16,17). The summed E-state index contributed by atoms with van der Waals surface area (Å²) < 4.78 is 10.3. The molecule has 0 aliphatic rings. The van der Waals surface area contributed by atoms with Crippen LogP contribution in [0, 0.1) is 0 Å². The van der Waals surface area contributed by atoms with E-state index in [0.717, 1.165) is 18.0 Å². The van der Waals surface area contributed by atoms with Crippen LogP contribution in [0.15, 0.2) is 5.51 Å². The lowest BCUT2D eigenvalue weighted by atomic mass is 10.1. The van der Waals surface area contributed by atoms with E-state index in [1.807, 2.05) is 20.8 Å². The van der Waals surface area contributed by atoms with Crippen LogP contribution in [0.1, 0.15) is 33.6 Å². The predicted molar refractivity (Wildman–Crippen MR) is 82.7 cm³/mol. The number of anilines is 1. The van der Waals surface area contributed by atoms with E-state index in [4.69, 9.17) is 9.47 Å². The molecular weight excluding hydrogens is 292 g/mol. The summed E-state index contributed by atoms with van der Waals surface area (Å²) in [5, 5.41) is 14.5. The number of aromatic nitrogens is 2. The smallest absolute Gasteiger partial charge is 0.407 e. The summed E-state index contributed by atoms with van der Waals surface area (Å²) >= 11 is 1.45. The molecule has 0 bridgehead atoms. The number of ether oxygens (including phenoxy) is 2. The first-order valence-corrected chi connectivity index (χ1v) is 7.77. The van der Waals surface area contributed by atoms with Crippen LogP contribution in [-0.4, -0.2) is 48.2 Å². The van der Waals surface area contributed by atoms with Gasteiger partial charge in [-0.3, -0.25) is 0 Å².